The van der Waals surface area contributed by atoms with E-state index < -0.39 is 5.97 Å². The van der Waals surface area contributed by atoms with Gasteiger partial charge in [0.05, 0.1) is 18.7 Å². The zero-order valence-corrected chi connectivity index (χ0v) is 12.6. The van der Waals surface area contributed by atoms with Crippen molar-refractivity contribution in [1.29, 1.82) is 0 Å². The molecule has 23 heavy (non-hydrogen) atoms. The number of carbonyl (C=O) groups excluding carboxylic acids is 1. The predicted octanol–water partition coefficient (Wildman–Crippen LogP) is 2.92. The average molecular weight is 312 g/mol. The first kappa shape index (κ1) is 15.2. The summed E-state index contributed by atoms with van der Waals surface area (Å²) >= 11 is 0. The van der Waals surface area contributed by atoms with Crippen molar-refractivity contribution < 1.29 is 13.9 Å². The van der Waals surface area contributed by atoms with Crippen LogP contribution in [-0.4, -0.2) is 25.0 Å². The van der Waals surface area contributed by atoms with E-state index in [0.717, 1.165) is 11.4 Å². The Labute approximate surface area is 134 Å². The summed E-state index contributed by atoms with van der Waals surface area (Å²) < 4.78 is 17.9. The van der Waals surface area contributed by atoms with Crippen LogP contribution in [0.5, 0.6) is 0 Å². The number of nitrogens with zero attached hydrogens (tertiary/aromatic N) is 1. The van der Waals surface area contributed by atoms with E-state index in [4.69, 9.17) is 4.74 Å². The van der Waals surface area contributed by atoms with Crippen LogP contribution in [0.4, 0.5) is 4.39 Å². The SMILES string of the molecule is O=C(OCCCNC1=NCc2ccccc21)c1ccc(F)cc1. The minimum Gasteiger partial charge on any atom is -0.462 e. The molecule has 118 valence electrons. The fourth-order valence-electron chi connectivity index (χ4n) is 2.40. The van der Waals surface area contributed by atoms with Gasteiger partial charge in [-0.1, -0.05) is 24.3 Å². The fourth-order valence-corrected chi connectivity index (χ4v) is 2.40. The minimum atomic E-state index is -0.437. The van der Waals surface area contributed by atoms with Crippen LogP contribution in [0.2, 0.25) is 0 Å². The summed E-state index contributed by atoms with van der Waals surface area (Å²) in [4.78, 5) is 16.2. The Morgan fingerprint density at radius 3 is 2.78 bits per heavy atom. The summed E-state index contributed by atoms with van der Waals surface area (Å²) in [6.45, 7) is 1.68. The second-order valence-electron chi connectivity index (χ2n) is 5.25. The molecular formula is C18H17FN2O2. The zero-order valence-electron chi connectivity index (χ0n) is 12.6. The minimum absolute atomic E-state index is 0.304. The number of carbonyl (C=O) groups is 1. The number of halogens is 1. The van der Waals surface area contributed by atoms with Gasteiger partial charge in [0, 0.05) is 12.1 Å². The van der Waals surface area contributed by atoms with Crippen LogP contribution in [0, 0.1) is 5.82 Å². The highest BCUT2D eigenvalue weighted by atomic mass is 19.1. The summed E-state index contributed by atoms with van der Waals surface area (Å²) in [5, 5.41) is 3.27. The van der Waals surface area contributed by atoms with Crippen LogP contribution in [0.3, 0.4) is 0 Å². The molecule has 0 radical (unpaired) electrons. The fraction of sp³-hybridized carbons (Fsp3) is 0.222. The van der Waals surface area contributed by atoms with Gasteiger partial charge in [-0.3, -0.25) is 4.99 Å². The van der Waals surface area contributed by atoms with E-state index in [-0.39, 0.29) is 5.82 Å². The summed E-state index contributed by atoms with van der Waals surface area (Å²) in [7, 11) is 0. The molecule has 0 atom stereocenters. The first-order valence-corrected chi connectivity index (χ1v) is 7.53. The number of esters is 1. The Kier molecular flexibility index (Phi) is 4.66. The van der Waals surface area contributed by atoms with Gasteiger partial charge in [0.2, 0.25) is 0 Å². The lowest BCUT2D eigenvalue weighted by Gasteiger charge is -2.08. The summed E-state index contributed by atoms with van der Waals surface area (Å²) in [6, 6.07) is 13.4. The highest BCUT2D eigenvalue weighted by Gasteiger charge is 2.14. The molecule has 5 heteroatoms. The van der Waals surface area contributed by atoms with Gasteiger partial charge in [-0.15, -0.1) is 0 Å². The zero-order chi connectivity index (χ0) is 16.1. The first-order valence-electron chi connectivity index (χ1n) is 7.53. The second kappa shape index (κ2) is 7.05. The number of nitrogens with one attached hydrogen (secondary N) is 1. The molecular weight excluding hydrogens is 295 g/mol. The Morgan fingerprint density at radius 1 is 1.17 bits per heavy atom. The van der Waals surface area contributed by atoms with Gasteiger partial charge in [-0.25, -0.2) is 9.18 Å². The monoisotopic (exact) mass is 312 g/mol. The quantitative estimate of drug-likeness (QED) is 0.682. The Morgan fingerprint density at radius 2 is 1.96 bits per heavy atom. The van der Waals surface area contributed by atoms with Gasteiger partial charge in [0.1, 0.15) is 11.7 Å². The van der Waals surface area contributed by atoms with Gasteiger partial charge in [0.25, 0.3) is 0 Å². The number of benzene rings is 2. The Balaban J connectivity index is 1.39. The van der Waals surface area contributed by atoms with E-state index in [0.29, 0.717) is 31.7 Å². The van der Waals surface area contributed by atoms with Crippen LogP contribution in [0.15, 0.2) is 53.5 Å². The summed E-state index contributed by atoms with van der Waals surface area (Å²) in [6.07, 6.45) is 0.675. The molecule has 0 bridgehead atoms. The lowest BCUT2D eigenvalue weighted by Crippen LogP contribution is -2.25. The maximum atomic E-state index is 12.8. The number of ether oxygens (including phenoxy) is 1. The number of amidine groups is 1. The highest BCUT2D eigenvalue weighted by molar-refractivity contribution is 6.01. The summed E-state index contributed by atoms with van der Waals surface area (Å²) in [5.41, 5.74) is 2.71. The molecule has 2 aromatic carbocycles. The van der Waals surface area contributed by atoms with Crippen molar-refractivity contribution >= 4 is 11.8 Å². The molecule has 0 unspecified atom stereocenters. The maximum Gasteiger partial charge on any atom is 0.338 e. The Hall–Kier alpha value is -2.69. The molecule has 1 aliphatic heterocycles. The molecule has 0 fully saturated rings. The van der Waals surface area contributed by atoms with Crippen molar-refractivity contribution in [2.45, 2.75) is 13.0 Å². The maximum absolute atomic E-state index is 12.8. The Bertz CT molecular complexity index is 726. The van der Waals surface area contributed by atoms with Crippen LogP contribution >= 0.6 is 0 Å². The third-order valence-electron chi connectivity index (χ3n) is 3.61. The number of fused-ring (bicyclic) bond motifs is 1. The van der Waals surface area contributed by atoms with Gasteiger partial charge in [0.15, 0.2) is 0 Å². The third kappa shape index (κ3) is 3.74. The van der Waals surface area contributed by atoms with E-state index in [9.17, 15) is 9.18 Å². The van der Waals surface area contributed by atoms with Crippen LogP contribution in [-0.2, 0) is 11.3 Å². The number of rotatable bonds is 5. The highest BCUT2D eigenvalue weighted by Crippen LogP contribution is 2.16. The molecule has 0 spiro atoms. The molecule has 2 aromatic rings. The van der Waals surface area contributed by atoms with E-state index in [1.54, 1.807) is 0 Å². The van der Waals surface area contributed by atoms with Crippen molar-refractivity contribution in [3.8, 4) is 0 Å². The molecule has 1 aliphatic rings. The van der Waals surface area contributed by atoms with Crippen molar-refractivity contribution in [2.75, 3.05) is 13.2 Å². The van der Waals surface area contributed by atoms with E-state index in [2.05, 4.69) is 16.4 Å². The second-order valence-corrected chi connectivity index (χ2v) is 5.25. The molecule has 3 rings (SSSR count). The van der Waals surface area contributed by atoms with E-state index >= 15 is 0 Å². The first-order chi connectivity index (χ1) is 11.2. The largest absolute Gasteiger partial charge is 0.462 e. The lowest BCUT2D eigenvalue weighted by atomic mass is 10.1. The lowest BCUT2D eigenvalue weighted by molar-refractivity contribution is 0.0502. The van der Waals surface area contributed by atoms with Crippen molar-refractivity contribution in [2.24, 2.45) is 4.99 Å². The van der Waals surface area contributed by atoms with Crippen LogP contribution in [0.25, 0.3) is 0 Å². The van der Waals surface area contributed by atoms with Gasteiger partial charge in [-0.2, -0.15) is 0 Å². The molecule has 4 nitrogen and oxygen atoms in total. The van der Waals surface area contributed by atoms with Gasteiger partial charge in [-0.05, 0) is 36.2 Å². The van der Waals surface area contributed by atoms with Crippen molar-refractivity contribution in [1.82, 2.24) is 5.32 Å². The topological polar surface area (TPSA) is 50.7 Å². The molecule has 0 saturated carbocycles. The molecule has 1 N–H and O–H groups in total. The normalized spacial score (nSPS) is 12.5. The molecule has 0 aliphatic carbocycles. The van der Waals surface area contributed by atoms with Crippen LogP contribution in [0.1, 0.15) is 27.9 Å². The average Bonchev–Trinajstić information content (AvgIpc) is 2.98. The molecule has 1 heterocycles. The van der Waals surface area contributed by atoms with Gasteiger partial charge >= 0.3 is 5.97 Å². The van der Waals surface area contributed by atoms with E-state index in [1.165, 1.54) is 29.8 Å². The summed E-state index contributed by atoms with van der Waals surface area (Å²) in [5.74, 6) is 0.0855. The predicted molar refractivity (Wildman–Crippen MR) is 86.0 cm³/mol. The van der Waals surface area contributed by atoms with Crippen molar-refractivity contribution in [3.05, 3.63) is 71.0 Å². The van der Waals surface area contributed by atoms with Crippen molar-refractivity contribution in [3.63, 3.8) is 0 Å². The smallest absolute Gasteiger partial charge is 0.338 e. The van der Waals surface area contributed by atoms with E-state index in [1.807, 2.05) is 18.2 Å². The molecule has 0 aromatic heterocycles. The number of aliphatic imine (C=N–C) groups is 1. The molecule has 0 saturated heterocycles. The van der Waals surface area contributed by atoms with Gasteiger partial charge < -0.3 is 10.1 Å². The standard InChI is InChI=1S/C18H17FN2O2/c19-15-8-6-13(7-9-15)18(22)23-11-3-10-20-17-16-5-2-1-4-14(16)12-21-17/h1-2,4-9H,3,10-12H2,(H,20,21). The number of hydrogen-bond acceptors (Lipinski definition) is 4. The number of hydrogen-bond donors (Lipinski definition) is 1. The molecule has 0 amide bonds. The van der Waals surface area contributed by atoms with Crippen LogP contribution < -0.4 is 5.32 Å². The third-order valence-corrected chi connectivity index (χ3v) is 3.61.